The predicted octanol–water partition coefficient (Wildman–Crippen LogP) is 3.30. The quantitative estimate of drug-likeness (QED) is 0.768. The summed E-state index contributed by atoms with van der Waals surface area (Å²) in [6.45, 7) is 2.37. The smallest absolute Gasteiger partial charge is 0.309 e. The van der Waals surface area contributed by atoms with Crippen molar-refractivity contribution in [1.82, 2.24) is 0 Å². The van der Waals surface area contributed by atoms with Gasteiger partial charge in [-0.3, -0.25) is 4.79 Å². The van der Waals surface area contributed by atoms with E-state index >= 15 is 0 Å². The van der Waals surface area contributed by atoms with Crippen LogP contribution < -0.4 is 9.47 Å². The van der Waals surface area contributed by atoms with Gasteiger partial charge in [-0.2, -0.15) is 0 Å². The molecule has 4 nitrogen and oxygen atoms in total. The van der Waals surface area contributed by atoms with Gasteiger partial charge in [-0.25, -0.2) is 0 Å². The van der Waals surface area contributed by atoms with Gasteiger partial charge in [-0.05, 0) is 29.7 Å². The second-order valence-electron chi connectivity index (χ2n) is 4.97. The number of carbonyl (C=O) groups excluding carboxylic acids is 1. The Kier molecular flexibility index (Phi) is 5.42. The van der Waals surface area contributed by atoms with Gasteiger partial charge >= 0.3 is 5.97 Å². The molecule has 0 aliphatic heterocycles. The fourth-order valence-corrected chi connectivity index (χ4v) is 2.26. The highest BCUT2D eigenvalue weighted by atomic mass is 16.5. The number of benzene rings is 2. The van der Waals surface area contributed by atoms with Crippen LogP contribution in [-0.4, -0.2) is 20.2 Å². The lowest BCUT2D eigenvalue weighted by atomic mass is 10.1. The standard InChI is InChI=1S/C18H20O4/c1-13-9-15(11-17(19)20-2)10-16(18(13)21-3)22-12-14-7-5-4-6-8-14/h4-10H,11-12H2,1-3H3. The number of rotatable bonds is 6. The topological polar surface area (TPSA) is 44.8 Å². The average Bonchev–Trinajstić information content (AvgIpc) is 2.53. The lowest BCUT2D eigenvalue weighted by Crippen LogP contribution is -2.06. The lowest BCUT2D eigenvalue weighted by molar-refractivity contribution is -0.139. The molecule has 0 unspecified atom stereocenters. The summed E-state index contributed by atoms with van der Waals surface area (Å²) < 4.78 is 16.0. The molecule has 0 N–H and O–H groups in total. The summed E-state index contributed by atoms with van der Waals surface area (Å²) in [5.74, 6) is 1.04. The average molecular weight is 300 g/mol. The molecule has 0 aliphatic carbocycles. The van der Waals surface area contributed by atoms with E-state index in [1.807, 2.05) is 49.4 Å². The second kappa shape index (κ2) is 7.50. The summed E-state index contributed by atoms with van der Waals surface area (Å²) in [4.78, 5) is 11.4. The molecule has 0 fully saturated rings. The largest absolute Gasteiger partial charge is 0.493 e. The van der Waals surface area contributed by atoms with Gasteiger partial charge in [0.15, 0.2) is 11.5 Å². The van der Waals surface area contributed by atoms with Crippen molar-refractivity contribution in [2.75, 3.05) is 14.2 Å². The minimum Gasteiger partial charge on any atom is -0.493 e. The minimum atomic E-state index is -0.279. The maximum Gasteiger partial charge on any atom is 0.309 e. The maximum atomic E-state index is 11.4. The van der Waals surface area contributed by atoms with Gasteiger partial charge in [0.05, 0.1) is 20.6 Å². The highest BCUT2D eigenvalue weighted by molar-refractivity contribution is 5.73. The minimum absolute atomic E-state index is 0.211. The van der Waals surface area contributed by atoms with Crippen molar-refractivity contribution in [3.05, 3.63) is 59.2 Å². The third-order valence-electron chi connectivity index (χ3n) is 3.32. The van der Waals surface area contributed by atoms with Crippen molar-refractivity contribution >= 4 is 5.97 Å². The van der Waals surface area contributed by atoms with Gasteiger partial charge < -0.3 is 14.2 Å². The predicted molar refractivity (Wildman–Crippen MR) is 84.2 cm³/mol. The summed E-state index contributed by atoms with van der Waals surface area (Å²) in [6.07, 6.45) is 0.211. The molecule has 0 aliphatic rings. The first kappa shape index (κ1) is 15.9. The van der Waals surface area contributed by atoms with E-state index in [1.165, 1.54) is 7.11 Å². The Hall–Kier alpha value is -2.49. The van der Waals surface area contributed by atoms with Crippen LogP contribution in [0.1, 0.15) is 16.7 Å². The Morgan fingerprint density at radius 3 is 2.41 bits per heavy atom. The van der Waals surface area contributed by atoms with Gasteiger partial charge in [0, 0.05) is 0 Å². The van der Waals surface area contributed by atoms with Crippen LogP contribution in [0.25, 0.3) is 0 Å². The molecule has 0 saturated carbocycles. The third kappa shape index (κ3) is 4.01. The number of methoxy groups -OCH3 is 2. The molecule has 0 spiro atoms. The van der Waals surface area contributed by atoms with E-state index in [1.54, 1.807) is 7.11 Å². The van der Waals surface area contributed by atoms with Crippen LogP contribution in [-0.2, 0) is 22.6 Å². The Balaban J connectivity index is 2.21. The first-order valence-electron chi connectivity index (χ1n) is 7.05. The molecule has 0 aromatic heterocycles. The first-order chi connectivity index (χ1) is 10.6. The van der Waals surface area contributed by atoms with E-state index in [9.17, 15) is 4.79 Å². The van der Waals surface area contributed by atoms with Crippen molar-refractivity contribution < 1.29 is 19.0 Å². The zero-order valence-corrected chi connectivity index (χ0v) is 13.1. The van der Waals surface area contributed by atoms with Crippen molar-refractivity contribution in [2.24, 2.45) is 0 Å². The van der Waals surface area contributed by atoms with Crippen LogP contribution in [0.3, 0.4) is 0 Å². The third-order valence-corrected chi connectivity index (χ3v) is 3.32. The van der Waals surface area contributed by atoms with Gasteiger partial charge in [-0.15, -0.1) is 0 Å². The zero-order valence-electron chi connectivity index (χ0n) is 13.1. The Labute approximate surface area is 130 Å². The van der Waals surface area contributed by atoms with Crippen molar-refractivity contribution in [2.45, 2.75) is 20.0 Å². The summed E-state index contributed by atoms with van der Waals surface area (Å²) >= 11 is 0. The van der Waals surface area contributed by atoms with E-state index in [2.05, 4.69) is 0 Å². The fraction of sp³-hybridized carbons (Fsp3) is 0.278. The molecule has 0 heterocycles. The Morgan fingerprint density at radius 2 is 1.77 bits per heavy atom. The van der Waals surface area contributed by atoms with Crippen molar-refractivity contribution in [3.63, 3.8) is 0 Å². The van der Waals surface area contributed by atoms with E-state index in [0.717, 1.165) is 16.7 Å². The van der Waals surface area contributed by atoms with Crippen LogP contribution in [0.2, 0.25) is 0 Å². The molecule has 0 radical (unpaired) electrons. The van der Waals surface area contributed by atoms with Crippen LogP contribution in [0.15, 0.2) is 42.5 Å². The molecule has 0 saturated heterocycles. The number of hydrogen-bond donors (Lipinski definition) is 0. The van der Waals surface area contributed by atoms with Crippen LogP contribution in [0.4, 0.5) is 0 Å². The number of hydrogen-bond acceptors (Lipinski definition) is 4. The molecule has 0 bridgehead atoms. The Bertz CT molecular complexity index is 635. The number of ether oxygens (including phenoxy) is 3. The molecule has 22 heavy (non-hydrogen) atoms. The van der Waals surface area contributed by atoms with Crippen LogP contribution >= 0.6 is 0 Å². The van der Waals surface area contributed by atoms with Gasteiger partial charge in [0.2, 0.25) is 0 Å². The maximum absolute atomic E-state index is 11.4. The van der Waals surface area contributed by atoms with Gasteiger partial charge in [-0.1, -0.05) is 36.4 Å². The summed E-state index contributed by atoms with van der Waals surface area (Å²) in [6, 6.07) is 13.6. The monoisotopic (exact) mass is 300 g/mol. The normalized spacial score (nSPS) is 10.1. The molecule has 116 valence electrons. The van der Waals surface area contributed by atoms with E-state index in [0.29, 0.717) is 18.1 Å². The van der Waals surface area contributed by atoms with Crippen molar-refractivity contribution in [3.8, 4) is 11.5 Å². The lowest BCUT2D eigenvalue weighted by Gasteiger charge is -2.15. The molecular weight excluding hydrogens is 280 g/mol. The molecule has 2 aromatic carbocycles. The molecule has 4 heteroatoms. The molecule has 0 atom stereocenters. The highest BCUT2D eigenvalue weighted by Crippen LogP contribution is 2.33. The molecular formula is C18H20O4. The summed E-state index contributed by atoms with van der Waals surface area (Å²) in [7, 11) is 2.99. The van der Waals surface area contributed by atoms with E-state index in [4.69, 9.17) is 14.2 Å². The number of carbonyl (C=O) groups is 1. The summed E-state index contributed by atoms with van der Waals surface area (Å²) in [5.41, 5.74) is 2.83. The highest BCUT2D eigenvalue weighted by Gasteiger charge is 2.13. The van der Waals surface area contributed by atoms with Crippen LogP contribution in [0, 0.1) is 6.92 Å². The Morgan fingerprint density at radius 1 is 1.05 bits per heavy atom. The fourth-order valence-electron chi connectivity index (χ4n) is 2.26. The van der Waals surface area contributed by atoms with Gasteiger partial charge in [0.25, 0.3) is 0 Å². The van der Waals surface area contributed by atoms with E-state index in [-0.39, 0.29) is 12.4 Å². The van der Waals surface area contributed by atoms with Gasteiger partial charge in [0.1, 0.15) is 6.61 Å². The zero-order chi connectivity index (χ0) is 15.9. The molecule has 2 aromatic rings. The second-order valence-corrected chi connectivity index (χ2v) is 4.97. The first-order valence-corrected chi connectivity index (χ1v) is 7.05. The SMILES string of the molecule is COC(=O)Cc1cc(C)c(OC)c(OCc2ccccc2)c1. The van der Waals surface area contributed by atoms with Crippen LogP contribution in [0.5, 0.6) is 11.5 Å². The summed E-state index contributed by atoms with van der Waals surface area (Å²) in [5, 5.41) is 0. The molecule has 2 rings (SSSR count). The number of aryl methyl sites for hydroxylation is 1. The molecule has 0 amide bonds. The number of esters is 1. The van der Waals surface area contributed by atoms with E-state index < -0.39 is 0 Å². The van der Waals surface area contributed by atoms with Crippen molar-refractivity contribution in [1.29, 1.82) is 0 Å².